The third-order valence-electron chi connectivity index (χ3n) is 11.3. The number of benzene rings is 4. The van der Waals surface area contributed by atoms with E-state index in [1.165, 1.54) is 107 Å². The number of hydrogen-bond donors (Lipinski definition) is 0. The van der Waals surface area contributed by atoms with Crippen molar-refractivity contribution in [3.8, 4) is 0 Å². The number of unbranched alkanes of at least 4 members (excludes halogenated alkanes) is 4. The molecule has 300 valence electrons. The van der Waals surface area contributed by atoms with Gasteiger partial charge in [0.2, 0.25) is 0 Å². The normalized spacial score (nSPS) is 12.4. The van der Waals surface area contributed by atoms with Gasteiger partial charge in [-0.2, -0.15) is 0 Å². The van der Waals surface area contributed by atoms with Crippen molar-refractivity contribution in [2.24, 2.45) is 0 Å². The highest BCUT2D eigenvalue weighted by atomic mass is 16.5. The van der Waals surface area contributed by atoms with E-state index < -0.39 is 0 Å². The summed E-state index contributed by atoms with van der Waals surface area (Å²) in [7, 11) is 8.42. The zero-order chi connectivity index (χ0) is 39.7. The second-order valence-corrected chi connectivity index (χ2v) is 16.1. The summed E-state index contributed by atoms with van der Waals surface area (Å²) in [5.74, 6) is 0.242. The minimum atomic E-state index is 0.121. The van der Waals surface area contributed by atoms with Gasteiger partial charge in [0.15, 0.2) is 0 Å². The summed E-state index contributed by atoms with van der Waals surface area (Å²) < 4.78 is 6.97. The monoisotopic (exact) mass is 747 g/mol. The fourth-order valence-corrected chi connectivity index (χ4v) is 7.68. The fourth-order valence-electron chi connectivity index (χ4n) is 7.68. The Morgan fingerprint density at radius 3 is 1.02 bits per heavy atom. The maximum absolute atomic E-state index is 6.97. The second kappa shape index (κ2) is 22.6. The van der Waals surface area contributed by atoms with Crippen molar-refractivity contribution in [2.75, 3.05) is 87.2 Å². The van der Waals surface area contributed by atoms with Crippen LogP contribution in [0.2, 0.25) is 0 Å². The summed E-state index contributed by atoms with van der Waals surface area (Å²) >= 11 is 0. The van der Waals surface area contributed by atoms with E-state index in [0.717, 1.165) is 26.2 Å². The number of hydrogen-bond acceptors (Lipinski definition) is 5. The number of anilines is 4. The Kier molecular flexibility index (Phi) is 17.9. The summed E-state index contributed by atoms with van der Waals surface area (Å²) in [6, 6.07) is 32.5. The molecule has 5 heteroatoms. The molecule has 0 saturated carbocycles. The highest BCUT2D eigenvalue weighted by Crippen LogP contribution is 2.35. The van der Waals surface area contributed by atoms with Crippen LogP contribution in [0.15, 0.2) is 84.9 Å². The van der Waals surface area contributed by atoms with Crippen LogP contribution in [-0.4, -0.2) is 67.6 Å². The highest BCUT2D eigenvalue weighted by Gasteiger charge is 2.23. The van der Waals surface area contributed by atoms with E-state index in [0.29, 0.717) is 13.2 Å². The van der Waals surface area contributed by atoms with Crippen LogP contribution in [0.4, 0.5) is 22.7 Å². The summed E-state index contributed by atoms with van der Waals surface area (Å²) in [6.45, 7) is 19.4. The molecule has 0 spiro atoms. The third kappa shape index (κ3) is 12.5. The average molecular weight is 747 g/mol. The molecular weight excluding hydrogens is 673 g/mol. The van der Waals surface area contributed by atoms with Crippen LogP contribution in [-0.2, 0) is 4.74 Å². The Morgan fingerprint density at radius 2 is 0.745 bits per heavy atom. The van der Waals surface area contributed by atoms with Gasteiger partial charge in [-0.25, -0.2) is 0 Å². The van der Waals surface area contributed by atoms with E-state index in [1.54, 1.807) is 0 Å². The van der Waals surface area contributed by atoms with Crippen LogP contribution in [0.5, 0.6) is 0 Å². The van der Waals surface area contributed by atoms with Gasteiger partial charge in [0.25, 0.3) is 0 Å². The molecule has 0 aromatic heterocycles. The van der Waals surface area contributed by atoms with Gasteiger partial charge in [0.05, 0.1) is 13.2 Å². The van der Waals surface area contributed by atoms with E-state index in [2.05, 4.69) is 174 Å². The predicted octanol–water partition coefficient (Wildman–Crippen LogP) is 12.2. The lowest BCUT2D eigenvalue weighted by molar-refractivity contribution is 0.120. The van der Waals surface area contributed by atoms with Gasteiger partial charge >= 0.3 is 0 Å². The van der Waals surface area contributed by atoms with Crippen molar-refractivity contribution >= 4 is 22.7 Å². The van der Waals surface area contributed by atoms with Crippen molar-refractivity contribution < 1.29 is 4.74 Å². The highest BCUT2D eigenvalue weighted by molar-refractivity contribution is 5.56. The van der Waals surface area contributed by atoms with Crippen molar-refractivity contribution in [2.45, 2.75) is 105 Å². The molecule has 0 N–H and O–H groups in total. The standard InChI is InChI=1S/C50H74N4O/c1-11-15-31-53(32-16-12-2)45-27-29-47(39(5)35-45)49(41-19-23-43(24-20-41)51(7)8)37-55-38-50(42-21-25-44(26-22-42)52(9)10)48-30-28-46(36-40(48)6)54(33-17-13-3)34-18-14-4/h19-30,35-36,49-50H,11-18,31-34,37-38H2,1-10H3. The summed E-state index contributed by atoms with van der Waals surface area (Å²) in [5, 5.41) is 0. The molecule has 0 aliphatic rings. The average Bonchev–Trinajstić information content (AvgIpc) is 3.19. The Bertz CT molecular complexity index is 1540. The number of ether oxygens (including phenoxy) is 1. The molecule has 0 bridgehead atoms. The summed E-state index contributed by atoms with van der Waals surface area (Å²) in [6.07, 6.45) is 9.72. The first-order valence-corrected chi connectivity index (χ1v) is 21.4. The molecule has 5 nitrogen and oxygen atoms in total. The van der Waals surface area contributed by atoms with Crippen LogP contribution >= 0.6 is 0 Å². The lowest BCUT2D eigenvalue weighted by Gasteiger charge is -2.28. The number of aryl methyl sites for hydroxylation is 2. The Labute approximate surface area is 336 Å². The Hall–Kier alpha value is -3.96. The topological polar surface area (TPSA) is 22.2 Å². The first-order chi connectivity index (χ1) is 26.6. The van der Waals surface area contributed by atoms with E-state index in [1.807, 2.05) is 0 Å². The molecule has 0 aliphatic carbocycles. The van der Waals surface area contributed by atoms with Crippen molar-refractivity contribution in [1.29, 1.82) is 0 Å². The molecule has 4 aromatic carbocycles. The van der Waals surface area contributed by atoms with Crippen LogP contribution in [0.25, 0.3) is 0 Å². The molecular formula is C50H74N4O. The molecule has 4 rings (SSSR count). The van der Waals surface area contributed by atoms with Gasteiger partial charge in [0.1, 0.15) is 0 Å². The molecule has 0 amide bonds. The molecule has 0 saturated heterocycles. The molecule has 55 heavy (non-hydrogen) atoms. The van der Waals surface area contributed by atoms with Gasteiger partial charge in [-0.05, 0) is 121 Å². The maximum atomic E-state index is 6.97. The Balaban J connectivity index is 1.68. The fraction of sp³-hybridized carbons (Fsp3) is 0.520. The van der Waals surface area contributed by atoms with Gasteiger partial charge < -0.3 is 24.3 Å². The zero-order valence-electron chi connectivity index (χ0n) is 36.3. The largest absolute Gasteiger partial charge is 0.379 e. The molecule has 0 fully saturated rings. The van der Waals surface area contributed by atoms with Crippen LogP contribution in [0.3, 0.4) is 0 Å². The summed E-state index contributed by atoms with van der Waals surface area (Å²) in [4.78, 5) is 9.52. The van der Waals surface area contributed by atoms with Gasteiger partial charge in [0, 0.05) is 89.0 Å². The van der Waals surface area contributed by atoms with Gasteiger partial charge in [-0.3, -0.25) is 0 Å². The maximum Gasteiger partial charge on any atom is 0.0576 e. The molecule has 0 aliphatic heterocycles. The van der Waals surface area contributed by atoms with E-state index >= 15 is 0 Å². The van der Waals surface area contributed by atoms with Crippen molar-refractivity contribution in [3.63, 3.8) is 0 Å². The lowest BCUT2D eigenvalue weighted by Crippen LogP contribution is -2.26. The van der Waals surface area contributed by atoms with Crippen molar-refractivity contribution in [3.05, 3.63) is 118 Å². The third-order valence-corrected chi connectivity index (χ3v) is 11.3. The lowest BCUT2D eigenvalue weighted by atomic mass is 9.87. The molecule has 2 atom stereocenters. The Morgan fingerprint density at radius 1 is 0.436 bits per heavy atom. The SMILES string of the molecule is CCCCN(CCCC)c1ccc(C(COCC(c2ccc(N(C)C)cc2)c2ccc(N(CCCC)CCCC)cc2C)c2ccc(N(C)C)cc2)c(C)c1. The quantitative estimate of drug-likeness (QED) is 0.0710. The number of rotatable bonds is 24. The predicted molar refractivity (Wildman–Crippen MR) is 242 cm³/mol. The zero-order valence-corrected chi connectivity index (χ0v) is 36.3. The van der Waals surface area contributed by atoms with Crippen LogP contribution < -0.4 is 19.6 Å². The first-order valence-electron chi connectivity index (χ1n) is 21.4. The summed E-state index contributed by atoms with van der Waals surface area (Å²) in [5.41, 5.74) is 13.0. The van der Waals surface area contributed by atoms with Gasteiger partial charge in [-0.15, -0.1) is 0 Å². The molecule has 4 aromatic rings. The minimum Gasteiger partial charge on any atom is -0.379 e. The van der Waals surface area contributed by atoms with Crippen LogP contribution in [0.1, 0.15) is 124 Å². The molecule has 2 unspecified atom stereocenters. The second-order valence-electron chi connectivity index (χ2n) is 16.1. The first kappa shape index (κ1) is 43.8. The van der Waals surface area contributed by atoms with Gasteiger partial charge in [-0.1, -0.05) is 89.8 Å². The van der Waals surface area contributed by atoms with Crippen molar-refractivity contribution in [1.82, 2.24) is 0 Å². The minimum absolute atomic E-state index is 0.121. The van der Waals surface area contributed by atoms with E-state index in [4.69, 9.17) is 4.74 Å². The van der Waals surface area contributed by atoms with E-state index in [-0.39, 0.29) is 11.8 Å². The smallest absolute Gasteiger partial charge is 0.0576 e. The van der Waals surface area contributed by atoms with E-state index in [9.17, 15) is 0 Å². The molecule has 0 heterocycles. The molecule has 0 radical (unpaired) electrons. The number of nitrogens with zero attached hydrogens (tertiary/aromatic N) is 4. The van der Waals surface area contributed by atoms with Crippen LogP contribution in [0, 0.1) is 13.8 Å².